The number of hydrogen-bond acceptors (Lipinski definition) is 5. The van der Waals surface area contributed by atoms with E-state index in [-0.39, 0.29) is 36.7 Å². The SMILES string of the molecule is O=C1C(c2cccs2)=C(N2CCCC(CO)C2)C(=O)N1CCc1ccc(F)cc1. The molecular weight excluding hydrogens is 391 g/mol. The van der Waals surface area contributed by atoms with Crippen LogP contribution in [0.5, 0.6) is 0 Å². The fourth-order valence-corrected chi connectivity index (χ4v) is 4.77. The minimum Gasteiger partial charge on any atom is -0.396 e. The average molecular weight is 415 g/mol. The molecule has 0 bridgehead atoms. The molecule has 2 aliphatic rings. The van der Waals surface area contributed by atoms with Gasteiger partial charge in [-0.2, -0.15) is 0 Å². The molecule has 2 aromatic rings. The van der Waals surface area contributed by atoms with Crippen molar-refractivity contribution in [1.82, 2.24) is 9.80 Å². The molecule has 5 nitrogen and oxygen atoms in total. The number of benzene rings is 1. The van der Waals surface area contributed by atoms with Crippen molar-refractivity contribution < 1.29 is 19.1 Å². The van der Waals surface area contributed by atoms with Crippen molar-refractivity contribution in [3.63, 3.8) is 0 Å². The normalized spacial score (nSPS) is 20.1. The minimum atomic E-state index is -0.311. The highest BCUT2D eigenvalue weighted by Gasteiger charge is 2.42. The molecule has 1 N–H and O–H groups in total. The summed E-state index contributed by atoms with van der Waals surface area (Å²) in [5.74, 6) is -0.758. The van der Waals surface area contributed by atoms with Crippen LogP contribution < -0.4 is 0 Å². The van der Waals surface area contributed by atoms with Crippen molar-refractivity contribution >= 4 is 28.7 Å². The molecular formula is C22H23FN2O3S. The first-order valence-electron chi connectivity index (χ1n) is 9.83. The number of aliphatic hydroxyl groups is 1. The lowest BCUT2D eigenvalue weighted by molar-refractivity contribution is -0.137. The standard InChI is InChI=1S/C22H23FN2O3S/c23-17-7-5-15(6-8-17)9-11-25-21(27)19(18-4-2-12-29-18)20(22(25)28)24-10-1-3-16(13-24)14-26/h2,4-8,12,16,26H,1,3,9-11,13-14H2. The zero-order chi connectivity index (χ0) is 20.4. The van der Waals surface area contributed by atoms with Gasteiger partial charge in [-0.3, -0.25) is 14.5 Å². The number of thiophene rings is 1. The third-order valence-electron chi connectivity index (χ3n) is 5.54. The smallest absolute Gasteiger partial charge is 0.277 e. The molecule has 1 unspecified atom stereocenters. The summed E-state index contributed by atoms with van der Waals surface area (Å²) >= 11 is 1.44. The van der Waals surface area contributed by atoms with Gasteiger partial charge in [-0.1, -0.05) is 18.2 Å². The number of amides is 2. The molecule has 29 heavy (non-hydrogen) atoms. The van der Waals surface area contributed by atoms with Gasteiger partial charge in [-0.25, -0.2) is 4.39 Å². The molecule has 2 amide bonds. The van der Waals surface area contributed by atoms with Crippen LogP contribution in [0.25, 0.3) is 5.57 Å². The maximum absolute atomic E-state index is 13.3. The molecule has 2 aliphatic heterocycles. The molecule has 4 rings (SSSR count). The second kappa shape index (κ2) is 8.47. The molecule has 3 heterocycles. The Morgan fingerprint density at radius 2 is 1.93 bits per heavy atom. The summed E-state index contributed by atoms with van der Waals surface area (Å²) < 4.78 is 13.1. The van der Waals surface area contributed by atoms with E-state index in [1.54, 1.807) is 12.1 Å². The van der Waals surface area contributed by atoms with Gasteiger partial charge in [-0.15, -0.1) is 11.3 Å². The highest BCUT2D eigenvalue weighted by Crippen LogP contribution is 2.35. The lowest BCUT2D eigenvalue weighted by Crippen LogP contribution is -2.41. The first-order chi connectivity index (χ1) is 14.1. The Labute approximate surface area is 173 Å². The van der Waals surface area contributed by atoms with Crippen LogP contribution in [-0.2, 0) is 16.0 Å². The number of halogens is 1. The van der Waals surface area contributed by atoms with Gasteiger partial charge in [-0.05, 0) is 54.3 Å². The minimum absolute atomic E-state index is 0.0779. The third-order valence-corrected chi connectivity index (χ3v) is 6.43. The number of carbonyl (C=O) groups is 2. The van der Waals surface area contributed by atoms with Crippen LogP contribution in [0.4, 0.5) is 4.39 Å². The van der Waals surface area contributed by atoms with E-state index < -0.39 is 0 Å². The molecule has 0 spiro atoms. The van der Waals surface area contributed by atoms with Crippen molar-refractivity contribution in [1.29, 1.82) is 0 Å². The fraction of sp³-hybridized carbons (Fsp3) is 0.364. The van der Waals surface area contributed by atoms with E-state index in [0.717, 1.165) is 23.3 Å². The largest absolute Gasteiger partial charge is 0.396 e. The molecule has 1 aromatic carbocycles. The fourth-order valence-electron chi connectivity index (χ4n) is 4.01. The molecule has 1 saturated heterocycles. The maximum atomic E-state index is 13.3. The lowest BCUT2D eigenvalue weighted by atomic mass is 9.98. The van der Waals surface area contributed by atoms with Gasteiger partial charge in [0, 0.05) is 31.1 Å². The van der Waals surface area contributed by atoms with Crippen LogP contribution >= 0.6 is 11.3 Å². The first-order valence-corrected chi connectivity index (χ1v) is 10.7. The van der Waals surface area contributed by atoms with Gasteiger partial charge in [0.2, 0.25) is 0 Å². The van der Waals surface area contributed by atoms with E-state index in [9.17, 15) is 19.1 Å². The Bertz CT molecular complexity index is 924. The van der Waals surface area contributed by atoms with Crippen molar-refractivity contribution in [2.75, 3.05) is 26.2 Å². The highest BCUT2D eigenvalue weighted by molar-refractivity contribution is 7.11. The number of nitrogens with zero attached hydrogens (tertiary/aromatic N) is 2. The number of rotatable bonds is 6. The zero-order valence-corrected chi connectivity index (χ0v) is 16.8. The Morgan fingerprint density at radius 3 is 2.62 bits per heavy atom. The third kappa shape index (κ3) is 3.97. The number of aliphatic hydroxyl groups excluding tert-OH is 1. The zero-order valence-electron chi connectivity index (χ0n) is 16.0. The molecule has 1 atom stereocenters. The summed E-state index contributed by atoms with van der Waals surface area (Å²) in [6.45, 7) is 1.60. The number of hydrogen-bond donors (Lipinski definition) is 1. The van der Waals surface area contributed by atoms with E-state index in [1.807, 2.05) is 22.4 Å². The summed E-state index contributed by atoms with van der Waals surface area (Å²) in [5.41, 5.74) is 1.79. The summed E-state index contributed by atoms with van der Waals surface area (Å²) in [6, 6.07) is 9.84. The predicted octanol–water partition coefficient (Wildman–Crippen LogP) is 2.91. The van der Waals surface area contributed by atoms with Gasteiger partial charge >= 0.3 is 0 Å². The number of carbonyl (C=O) groups excluding carboxylic acids is 2. The van der Waals surface area contributed by atoms with E-state index in [1.165, 1.54) is 28.4 Å². The molecule has 152 valence electrons. The molecule has 0 radical (unpaired) electrons. The van der Waals surface area contributed by atoms with Crippen molar-refractivity contribution in [2.24, 2.45) is 5.92 Å². The molecule has 0 saturated carbocycles. The quantitative estimate of drug-likeness (QED) is 0.739. The number of likely N-dealkylation sites (tertiary alicyclic amines) is 1. The predicted molar refractivity (Wildman–Crippen MR) is 109 cm³/mol. The van der Waals surface area contributed by atoms with Crippen molar-refractivity contribution in [3.05, 3.63) is 63.7 Å². The number of piperidine rings is 1. The van der Waals surface area contributed by atoms with Crippen molar-refractivity contribution in [3.8, 4) is 0 Å². The number of imide groups is 1. The lowest BCUT2D eigenvalue weighted by Gasteiger charge is -2.34. The van der Waals surface area contributed by atoms with Gasteiger partial charge in [0.05, 0.1) is 5.57 Å². The first kappa shape index (κ1) is 19.8. The van der Waals surface area contributed by atoms with E-state index >= 15 is 0 Å². The van der Waals surface area contributed by atoms with Gasteiger partial charge in [0.1, 0.15) is 11.5 Å². The van der Waals surface area contributed by atoms with Crippen LogP contribution in [0.2, 0.25) is 0 Å². The molecule has 1 fully saturated rings. The van der Waals surface area contributed by atoms with Gasteiger partial charge in [0.25, 0.3) is 11.8 Å². The molecule has 1 aromatic heterocycles. The van der Waals surface area contributed by atoms with E-state index in [2.05, 4.69) is 0 Å². The van der Waals surface area contributed by atoms with Crippen LogP contribution in [0.1, 0.15) is 23.3 Å². The summed E-state index contributed by atoms with van der Waals surface area (Å²) in [6.07, 6.45) is 2.27. The monoisotopic (exact) mass is 414 g/mol. The van der Waals surface area contributed by atoms with Crippen LogP contribution in [0.15, 0.2) is 47.5 Å². The van der Waals surface area contributed by atoms with Gasteiger partial charge < -0.3 is 10.0 Å². The Hall–Kier alpha value is -2.51. The summed E-state index contributed by atoms with van der Waals surface area (Å²) in [4.78, 5) is 30.5. The molecule has 0 aliphatic carbocycles. The van der Waals surface area contributed by atoms with E-state index in [4.69, 9.17) is 0 Å². The highest BCUT2D eigenvalue weighted by atomic mass is 32.1. The Morgan fingerprint density at radius 1 is 1.14 bits per heavy atom. The van der Waals surface area contributed by atoms with Crippen LogP contribution in [-0.4, -0.2) is 53.0 Å². The average Bonchev–Trinajstić information content (AvgIpc) is 3.34. The molecule has 7 heteroatoms. The summed E-state index contributed by atoms with van der Waals surface area (Å²) in [7, 11) is 0. The summed E-state index contributed by atoms with van der Waals surface area (Å²) in [5, 5.41) is 11.5. The Kier molecular flexibility index (Phi) is 5.78. The van der Waals surface area contributed by atoms with Gasteiger partial charge in [0.15, 0.2) is 0 Å². The van der Waals surface area contributed by atoms with Crippen LogP contribution in [0, 0.1) is 11.7 Å². The maximum Gasteiger partial charge on any atom is 0.277 e. The topological polar surface area (TPSA) is 60.9 Å². The second-order valence-electron chi connectivity index (χ2n) is 7.48. The van der Waals surface area contributed by atoms with Crippen molar-refractivity contribution in [2.45, 2.75) is 19.3 Å². The van der Waals surface area contributed by atoms with Crippen LogP contribution in [0.3, 0.4) is 0 Å². The Balaban J connectivity index is 1.60. The van der Waals surface area contributed by atoms with E-state index in [0.29, 0.717) is 30.8 Å². The second-order valence-corrected chi connectivity index (χ2v) is 8.42.